The van der Waals surface area contributed by atoms with Crippen molar-refractivity contribution in [2.75, 3.05) is 18.5 Å². The van der Waals surface area contributed by atoms with Crippen LogP contribution in [0.4, 0.5) is 5.69 Å². The maximum absolute atomic E-state index is 9.94. The van der Waals surface area contributed by atoms with E-state index in [4.69, 9.17) is 16.3 Å². The number of hydrogen-bond donors (Lipinski definition) is 2. The van der Waals surface area contributed by atoms with E-state index < -0.39 is 6.10 Å². The molecule has 2 aromatic rings. The van der Waals surface area contributed by atoms with Crippen molar-refractivity contribution in [2.24, 2.45) is 0 Å². The molecule has 0 bridgehead atoms. The van der Waals surface area contributed by atoms with Crippen molar-refractivity contribution >= 4 is 49.1 Å². The minimum absolute atomic E-state index is 0.215. The average Bonchev–Trinajstić information content (AvgIpc) is 2.47. The first-order valence-electron chi connectivity index (χ1n) is 6.30. The van der Waals surface area contributed by atoms with Crippen molar-refractivity contribution in [3.8, 4) is 5.75 Å². The second-order valence-electron chi connectivity index (χ2n) is 4.42. The smallest absolute Gasteiger partial charge is 0.119 e. The third kappa shape index (κ3) is 5.51. The van der Waals surface area contributed by atoms with E-state index in [1.54, 1.807) is 12.1 Å². The Morgan fingerprint density at radius 2 is 1.86 bits per heavy atom. The van der Waals surface area contributed by atoms with Gasteiger partial charge in [-0.05, 0) is 58.4 Å². The zero-order chi connectivity index (χ0) is 15.2. The molecule has 0 aliphatic rings. The van der Waals surface area contributed by atoms with Gasteiger partial charge in [0.25, 0.3) is 0 Å². The van der Waals surface area contributed by atoms with Gasteiger partial charge in [-0.2, -0.15) is 0 Å². The molecular weight excluding hydrogens is 421 g/mol. The van der Waals surface area contributed by atoms with Gasteiger partial charge in [-0.25, -0.2) is 0 Å². The van der Waals surface area contributed by atoms with E-state index in [0.29, 0.717) is 11.6 Å². The molecular formula is C15H14Br2ClNO2. The predicted octanol–water partition coefficient (Wildman–Crippen LogP) is 4.72. The molecule has 0 aliphatic heterocycles. The highest BCUT2D eigenvalue weighted by molar-refractivity contribution is 9.10. The Kier molecular flexibility index (Phi) is 6.36. The van der Waals surface area contributed by atoms with Gasteiger partial charge >= 0.3 is 0 Å². The summed E-state index contributed by atoms with van der Waals surface area (Å²) in [5, 5.41) is 13.7. The topological polar surface area (TPSA) is 41.5 Å². The van der Waals surface area contributed by atoms with Gasteiger partial charge in [-0.3, -0.25) is 0 Å². The van der Waals surface area contributed by atoms with Crippen molar-refractivity contribution in [3.63, 3.8) is 0 Å². The third-order valence-electron chi connectivity index (χ3n) is 2.71. The minimum atomic E-state index is -0.625. The van der Waals surface area contributed by atoms with Crippen LogP contribution < -0.4 is 10.1 Å². The summed E-state index contributed by atoms with van der Waals surface area (Å²) in [4.78, 5) is 0. The van der Waals surface area contributed by atoms with Crippen molar-refractivity contribution in [3.05, 3.63) is 56.4 Å². The molecule has 0 fully saturated rings. The SMILES string of the molecule is OC(CNc1cc(Cl)ccc1Br)COc1ccc(Br)cc1. The van der Waals surface area contributed by atoms with E-state index in [2.05, 4.69) is 37.2 Å². The van der Waals surface area contributed by atoms with Gasteiger partial charge in [0.1, 0.15) is 18.5 Å². The molecule has 3 nitrogen and oxygen atoms in total. The Morgan fingerprint density at radius 3 is 2.57 bits per heavy atom. The monoisotopic (exact) mass is 433 g/mol. The molecule has 0 spiro atoms. The van der Waals surface area contributed by atoms with Gasteiger partial charge in [-0.15, -0.1) is 0 Å². The van der Waals surface area contributed by atoms with E-state index in [1.165, 1.54) is 0 Å². The summed E-state index contributed by atoms with van der Waals surface area (Å²) in [7, 11) is 0. The highest BCUT2D eigenvalue weighted by Gasteiger charge is 2.07. The Morgan fingerprint density at radius 1 is 1.14 bits per heavy atom. The molecule has 6 heteroatoms. The number of ether oxygens (including phenoxy) is 1. The molecule has 112 valence electrons. The maximum atomic E-state index is 9.94. The second-order valence-corrected chi connectivity index (χ2v) is 6.63. The van der Waals surface area contributed by atoms with Crippen LogP contribution in [0.1, 0.15) is 0 Å². The van der Waals surface area contributed by atoms with Crippen LogP contribution in [0.15, 0.2) is 51.4 Å². The van der Waals surface area contributed by atoms with E-state index in [1.807, 2.05) is 30.3 Å². The average molecular weight is 436 g/mol. The standard InChI is InChI=1S/C15H14Br2ClNO2/c16-10-1-4-13(5-2-10)21-9-12(20)8-19-15-7-11(18)3-6-14(15)17/h1-7,12,19-20H,8-9H2. The lowest BCUT2D eigenvalue weighted by Crippen LogP contribution is -2.26. The highest BCUT2D eigenvalue weighted by Crippen LogP contribution is 2.25. The third-order valence-corrected chi connectivity index (χ3v) is 4.17. The number of rotatable bonds is 6. The van der Waals surface area contributed by atoms with Crippen LogP contribution in [0.5, 0.6) is 5.75 Å². The van der Waals surface area contributed by atoms with Crippen molar-refractivity contribution in [1.82, 2.24) is 0 Å². The first-order valence-corrected chi connectivity index (χ1v) is 8.26. The number of nitrogens with one attached hydrogen (secondary N) is 1. The molecule has 0 saturated heterocycles. The number of anilines is 1. The lowest BCUT2D eigenvalue weighted by Gasteiger charge is -2.15. The molecule has 2 rings (SSSR count). The quantitative estimate of drug-likeness (QED) is 0.690. The van der Waals surface area contributed by atoms with E-state index >= 15 is 0 Å². The van der Waals surface area contributed by atoms with Crippen LogP contribution in [0.25, 0.3) is 0 Å². The van der Waals surface area contributed by atoms with Crippen molar-refractivity contribution < 1.29 is 9.84 Å². The molecule has 1 atom stereocenters. The van der Waals surface area contributed by atoms with Crippen LogP contribution >= 0.6 is 43.5 Å². The minimum Gasteiger partial charge on any atom is -0.491 e. The normalized spacial score (nSPS) is 12.0. The summed E-state index contributed by atoms with van der Waals surface area (Å²) in [6.07, 6.45) is -0.625. The summed E-state index contributed by atoms with van der Waals surface area (Å²) >= 11 is 12.7. The first kappa shape index (κ1) is 16.6. The molecule has 0 aromatic heterocycles. The van der Waals surface area contributed by atoms with Crippen LogP contribution in [0, 0.1) is 0 Å². The van der Waals surface area contributed by atoms with Gasteiger partial charge in [-0.1, -0.05) is 27.5 Å². The summed E-state index contributed by atoms with van der Waals surface area (Å²) < 4.78 is 7.40. The van der Waals surface area contributed by atoms with Gasteiger partial charge in [0, 0.05) is 26.2 Å². The molecule has 2 N–H and O–H groups in total. The van der Waals surface area contributed by atoms with Crippen LogP contribution in [-0.4, -0.2) is 24.4 Å². The fourth-order valence-corrected chi connectivity index (χ4v) is 2.47. The molecule has 0 radical (unpaired) electrons. The maximum Gasteiger partial charge on any atom is 0.119 e. The number of halogens is 3. The predicted molar refractivity (Wildman–Crippen MR) is 93.3 cm³/mol. The Balaban J connectivity index is 1.80. The largest absolute Gasteiger partial charge is 0.491 e. The van der Waals surface area contributed by atoms with Crippen LogP contribution in [-0.2, 0) is 0 Å². The Bertz CT molecular complexity index is 593. The summed E-state index contributed by atoms with van der Waals surface area (Å²) in [5.74, 6) is 0.723. The molecule has 0 saturated carbocycles. The van der Waals surface area contributed by atoms with Gasteiger partial charge in [0.2, 0.25) is 0 Å². The number of aliphatic hydroxyl groups excluding tert-OH is 1. The zero-order valence-electron chi connectivity index (χ0n) is 11.0. The van der Waals surface area contributed by atoms with E-state index in [-0.39, 0.29) is 6.61 Å². The molecule has 0 amide bonds. The Labute approximate surface area is 145 Å². The first-order chi connectivity index (χ1) is 10.0. The highest BCUT2D eigenvalue weighted by atomic mass is 79.9. The Hall–Kier alpha value is -0.750. The van der Waals surface area contributed by atoms with Gasteiger partial charge in [0.05, 0.1) is 0 Å². The van der Waals surface area contributed by atoms with E-state index in [9.17, 15) is 5.11 Å². The number of benzene rings is 2. The number of aliphatic hydroxyl groups is 1. The second kappa shape index (κ2) is 8.03. The molecule has 21 heavy (non-hydrogen) atoms. The lowest BCUT2D eigenvalue weighted by atomic mass is 10.3. The number of hydrogen-bond acceptors (Lipinski definition) is 3. The van der Waals surface area contributed by atoms with Crippen molar-refractivity contribution in [2.45, 2.75) is 6.10 Å². The molecule has 2 aromatic carbocycles. The van der Waals surface area contributed by atoms with Crippen LogP contribution in [0.3, 0.4) is 0 Å². The fourth-order valence-electron chi connectivity index (χ4n) is 1.64. The van der Waals surface area contributed by atoms with Gasteiger partial charge in [0.15, 0.2) is 0 Å². The summed E-state index contributed by atoms with van der Waals surface area (Å²) in [5.41, 5.74) is 0.838. The fraction of sp³-hybridized carbons (Fsp3) is 0.200. The van der Waals surface area contributed by atoms with E-state index in [0.717, 1.165) is 20.4 Å². The zero-order valence-corrected chi connectivity index (χ0v) is 15.0. The summed E-state index contributed by atoms with van der Waals surface area (Å²) in [6, 6.07) is 12.9. The lowest BCUT2D eigenvalue weighted by molar-refractivity contribution is 0.117. The van der Waals surface area contributed by atoms with Gasteiger partial charge < -0.3 is 15.2 Å². The van der Waals surface area contributed by atoms with Crippen molar-refractivity contribution in [1.29, 1.82) is 0 Å². The van der Waals surface area contributed by atoms with Crippen LogP contribution in [0.2, 0.25) is 5.02 Å². The molecule has 1 unspecified atom stereocenters. The summed E-state index contributed by atoms with van der Waals surface area (Å²) in [6.45, 7) is 0.586. The molecule has 0 heterocycles. The molecule has 0 aliphatic carbocycles.